The minimum atomic E-state index is -0.346. The normalized spacial score (nSPS) is 10.9. The molecule has 0 fully saturated rings. The van der Waals surface area contributed by atoms with E-state index in [9.17, 15) is 9.59 Å². The number of carbonyl (C=O) groups excluding carboxylic acids is 2. The van der Waals surface area contributed by atoms with Gasteiger partial charge in [-0.1, -0.05) is 46.9 Å². The molecule has 4 aromatic rings. The van der Waals surface area contributed by atoms with Crippen molar-refractivity contribution in [2.45, 2.75) is 11.4 Å². The number of urea groups is 1. The molecule has 5 N–H and O–H groups in total. The van der Waals surface area contributed by atoms with Crippen molar-refractivity contribution in [3.05, 3.63) is 71.7 Å². The number of nitrogens with zero attached hydrogens (tertiary/aromatic N) is 3. The van der Waals surface area contributed by atoms with Gasteiger partial charge in [0.05, 0.1) is 12.2 Å². The Kier molecular flexibility index (Phi) is 8.00. The van der Waals surface area contributed by atoms with Gasteiger partial charge in [-0.2, -0.15) is 5.10 Å². The summed E-state index contributed by atoms with van der Waals surface area (Å²) in [5, 5.41) is 12.8. The number of aromatic nitrogens is 3. The van der Waals surface area contributed by atoms with Crippen LogP contribution in [0.1, 0.15) is 21.5 Å². The number of methoxy groups -OCH3 is 1. The van der Waals surface area contributed by atoms with E-state index in [1.807, 2.05) is 37.3 Å². The smallest absolute Gasteiger partial charge is 0.323 e. The monoisotopic (exact) mass is 599 g/mol. The van der Waals surface area contributed by atoms with E-state index in [0.29, 0.717) is 35.5 Å². The molecule has 0 aliphatic carbocycles. The van der Waals surface area contributed by atoms with E-state index in [2.05, 4.69) is 48.6 Å². The number of amides is 3. The minimum Gasteiger partial charge on any atom is -0.383 e. The first-order valence-corrected chi connectivity index (χ1v) is 12.7. The second-order valence-corrected chi connectivity index (χ2v) is 8.75. The van der Waals surface area contributed by atoms with E-state index < -0.39 is 0 Å². The molecule has 0 unspecified atom stereocenters. The number of halogens is 1. The Morgan fingerprint density at radius 1 is 1.14 bits per heavy atom. The quantitative estimate of drug-likeness (QED) is 0.136. The zero-order valence-corrected chi connectivity index (χ0v) is 22.0. The van der Waals surface area contributed by atoms with Crippen LogP contribution in [-0.2, 0) is 9.16 Å². The van der Waals surface area contributed by atoms with E-state index in [4.69, 9.17) is 10.5 Å². The summed E-state index contributed by atoms with van der Waals surface area (Å²) in [6.45, 7) is 2.74. The van der Waals surface area contributed by atoms with Crippen LogP contribution in [0.25, 0.3) is 16.6 Å². The number of carbonyl (C=O) groups is 2. The molecule has 36 heavy (non-hydrogen) atoms. The molecule has 0 aliphatic heterocycles. The number of nitrogen functional groups attached to an aromatic ring is 1. The van der Waals surface area contributed by atoms with Gasteiger partial charge in [-0.25, -0.2) is 14.3 Å². The number of fused-ring (bicyclic) bond motifs is 1. The van der Waals surface area contributed by atoms with Crippen molar-refractivity contribution in [2.75, 3.05) is 36.6 Å². The summed E-state index contributed by atoms with van der Waals surface area (Å²) < 4.78 is 7.42. The molecule has 3 amide bonds. The van der Waals surface area contributed by atoms with Crippen LogP contribution in [0.15, 0.2) is 55.0 Å². The summed E-state index contributed by atoms with van der Waals surface area (Å²) >= 11 is 2.30. The van der Waals surface area contributed by atoms with Crippen molar-refractivity contribution in [1.82, 2.24) is 19.9 Å². The second-order valence-electron chi connectivity index (χ2n) is 7.98. The van der Waals surface area contributed by atoms with Crippen LogP contribution < -0.4 is 21.7 Å². The standard InChI is InChI=1S/C25H26IN7O3/c1-15-17(12-26)4-3-5-20(15)32-25(35)31-18-8-6-16(7-9-18)21-19(24(34)28-10-11-36-2)13-33-22(21)23(27)29-14-30-33/h3-9,13-14H,10-12H2,1-2H3,(H,28,34)(H2,27,29,30)(H2,31,32,35). The highest BCUT2D eigenvalue weighted by atomic mass is 127. The maximum Gasteiger partial charge on any atom is 0.323 e. The molecule has 10 nitrogen and oxygen atoms in total. The van der Waals surface area contributed by atoms with Crippen molar-refractivity contribution in [3.8, 4) is 11.1 Å². The van der Waals surface area contributed by atoms with Crippen LogP contribution in [0.2, 0.25) is 0 Å². The molecule has 4 rings (SSSR count). The van der Waals surface area contributed by atoms with Crippen LogP contribution in [0.4, 0.5) is 22.0 Å². The fourth-order valence-corrected chi connectivity index (χ4v) is 4.66. The van der Waals surface area contributed by atoms with Crippen LogP contribution in [0, 0.1) is 6.92 Å². The number of alkyl halides is 1. The van der Waals surface area contributed by atoms with Gasteiger partial charge in [0.1, 0.15) is 11.8 Å². The number of hydrogen-bond donors (Lipinski definition) is 4. The predicted octanol–water partition coefficient (Wildman–Crippen LogP) is 4.24. The zero-order valence-electron chi connectivity index (χ0n) is 19.8. The Bertz CT molecular complexity index is 1400. The van der Waals surface area contributed by atoms with Crippen LogP contribution in [0.5, 0.6) is 0 Å². The Hall–Kier alpha value is -3.71. The summed E-state index contributed by atoms with van der Waals surface area (Å²) in [7, 11) is 1.57. The van der Waals surface area contributed by atoms with Crippen molar-refractivity contribution >= 4 is 57.2 Å². The molecule has 11 heteroatoms. The molecular formula is C25H26IN7O3. The molecule has 186 valence electrons. The molecule has 2 aromatic carbocycles. The van der Waals surface area contributed by atoms with Gasteiger partial charge in [0.2, 0.25) is 0 Å². The summed E-state index contributed by atoms with van der Waals surface area (Å²) in [6, 6.07) is 12.6. The highest BCUT2D eigenvalue weighted by Crippen LogP contribution is 2.33. The minimum absolute atomic E-state index is 0.252. The number of hydrogen-bond acceptors (Lipinski definition) is 6. The third kappa shape index (κ3) is 5.41. The van der Waals surface area contributed by atoms with Gasteiger partial charge in [0.15, 0.2) is 5.82 Å². The summed E-state index contributed by atoms with van der Waals surface area (Å²) in [5.41, 5.74) is 12.0. The summed E-state index contributed by atoms with van der Waals surface area (Å²) in [4.78, 5) is 29.6. The van der Waals surface area contributed by atoms with Gasteiger partial charge in [-0.15, -0.1) is 0 Å². The number of anilines is 3. The predicted molar refractivity (Wildman–Crippen MR) is 149 cm³/mol. The molecule has 0 bridgehead atoms. The first kappa shape index (κ1) is 25.4. The Morgan fingerprint density at radius 3 is 2.64 bits per heavy atom. The zero-order chi connectivity index (χ0) is 25.7. The lowest BCUT2D eigenvalue weighted by Gasteiger charge is -2.13. The molecule has 0 radical (unpaired) electrons. The second kappa shape index (κ2) is 11.4. The number of nitrogens with two attached hydrogens (primary N) is 1. The molecular weight excluding hydrogens is 573 g/mol. The fourth-order valence-electron chi connectivity index (χ4n) is 3.83. The van der Waals surface area contributed by atoms with Gasteiger partial charge in [-0.05, 0) is 41.8 Å². The Balaban J connectivity index is 1.58. The highest BCUT2D eigenvalue weighted by Gasteiger charge is 2.21. The van der Waals surface area contributed by atoms with Gasteiger partial charge < -0.3 is 26.4 Å². The van der Waals surface area contributed by atoms with Gasteiger partial charge in [0.25, 0.3) is 5.91 Å². The SMILES string of the molecule is COCCNC(=O)c1cn2ncnc(N)c2c1-c1ccc(NC(=O)Nc2cccc(CI)c2C)cc1. The third-order valence-corrected chi connectivity index (χ3v) is 6.53. The lowest BCUT2D eigenvalue weighted by atomic mass is 10.0. The van der Waals surface area contributed by atoms with Crippen molar-refractivity contribution in [1.29, 1.82) is 0 Å². The average Bonchev–Trinajstić information content (AvgIpc) is 3.27. The third-order valence-electron chi connectivity index (χ3n) is 5.71. The van der Waals surface area contributed by atoms with Crippen molar-refractivity contribution in [2.24, 2.45) is 0 Å². The molecule has 0 aliphatic rings. The highest BCUT2D eigenvalue weighted by molar-refractivity contribution is 14.1. The van der Waals surface area contributed by atoms with E-state index in [1.165, 1.54) is 16.4 Å². The topological polar surface area (TPSA) is 136 Å². The van der Waals surface area contributed by atoms with Crippen molar-refractivity contribution in [3.63, 3.8) is 0 Å². The molecule has 0 spiro atoms. The van der Waals surface area contributed by atoms with Gasteiger partial charge in [0, 0.05) is 41.2 Å². The van der Waals surface area contributed by atoms with Crippen LogP contribution in [0.3, 0.4) is 0 Å². The van der Waals surface area contributed by atoms with Crippen molar-refractivity contribution < 1.29 is 14.3 Å². The molecule has 0 atom stereocenters. The number of ether oxygens (including phenoxy) is 1. The summed E-state index contributed by atoms with van der Waals surface area (Å²) in [6.07, 6.45) is 2.96. The molecule has 0 saturated heterocycles. The van der Waals surface area contributed by atoms with E-state index in [-0.39, 0.29) is 17.8 Å². The molecule has 0 saturated carbocycles. The molecule has 2 aromatic heterocycles. The maximum atomic E-state index is 12.9. The largest absolute Gasteiger partial charge is 0.383 e. The van der Waals surface area contributed by atoms with Crippen LogP contribution >= 0.6 is 22.6 Å². The fraction of sp³-hybridized carbons (Fsp3) is 0.200. The van der Waals surface area contributed by atoms with Gasteiger partial charge in [-0.3, -0.25) is 4.79 Å². The molecule has 2 heterocycles. The van der Waals surface area contributed by atoms with Crippen LogP contribution in [-0.4, -0.2) is 46.8 Å². The first-order valence-electron chi connectivity index (χ1n) is 11.1. The maximum absolute atomic E-state index is 12.9. The van der Waals surface area contributed by atoms with Gasteiger partial charge >= 0.3 is 6.03 Å². The Labute approximate surface area is 221 Å². The van der Waals surface area contributed by atoms with E-state index in [1.54, 1.807) is 25.4 Å². The van der Waals surface area contributed by atoms with E-state index in [0.717, 1.165) is 21.2 Å². The lowest BCUT2D eigenvalue weighted by Crippen LogP contribution is -2.27. The number of benzene rings is 2. The lowest BCUT2D eigenvalue weighted by molar-refractivity contribution is 0.0937. The first-order chi connectivity index (χ1) is 17.4. The number of rotatable bonds is 8. The summed E-state index contributed by atoms with van der Waals surface area (Å²) in [5.74, 6) is -0.0285. The van der Waals surface area contributed by atoms with E-state index >= 15 is 0 Å². The number of nitrogens with one attached hydrogen (secondary N) is 3. The Morgan fingerprint density at radius 2 is 1.92 bits per heavy atom. The average molecular weight is 599 g/mol.